The Morgan fingerprint density at radius 1 is 1.27 bits per heavy atom. The number of carbonyl (C=O) groups is 1. The first kappa shape index (κ1) is 23.4. The fourth-order valence-corrected chi connectivity index (χ4v) is 4.68. The molecule has 0 aliphatic carbocycles. The van der Waals surface area contributed by atoms with Crippen LogP contribution in [0.1, 0.15) is 37.4 Å². The lowest BCUT2D eigenvalue weighted by molar-refractivity contribution is -0.149. The van der Waals surface area contributed by atoms with Crippen LogP contribution in [0.25, 0.3) is 16.9 Å². The number of fused-ring (bicyclic) bond motifs is 1. The van der Waals surface area contributed by atoms with E-state index in [1.54, 1.807) is 49.1 Å². The third-order valence-electron chi connectivity index (χ3n) is 6.40. The maximum Gasteiger partial charge on any atom is 0.393 e. The lowest BCUT2D eigenvalue weighted by Crippen LogP contribution is -2.48. The van der Waals surface area contributed by atoms with Crippen LogP contribution >= 0.6 is 11.6 Å². The van der Waals surface area contributed by atoms with Crippen molar-refractivity contribution in [1.29, 1.82) is 0 Å². The highest BCUT2D eigenvalue weighted by Crippen LogP contribution is 2.39. The van der Waals surface area contributed by atoms with Gasteiger partial charge in [0, 0.05) is 41.0 Å². The second-order valence-corrected chi connectivity index (χ2v) is 9.00. The van der Waals surface area contributed by atoms with Gasteiger partial charge < -0.3 is 10.0 Å². The van der Waals surface area contributed by atoms with Gasteiger partial charge in [0.2, 0.25) is 0 Å². The quantitative estimate of drug-likeness (QED) is 0.519. The Balaban J connectivity index is 1.91. The Morgan fingerprint density at radius 3 is 2.58 bits per heavy atom. The lowest BCUT2D eigenvalue weighted by atomic mass is 9.77. The number of piperidine rings is 1. The van der Waals surface area contributed by atoms with Crippen LogP contribution < -0.4 is 4.90 Å². The van der Waals surface area contributed by atoms with Crippen molar-refractivity contribution in [2.24, 2.45) is 5.41 Å². The zero-order valence-electron chi connectivity index (χ0n) is 18.3. The summed E-state index contributed by atoms with van der Waals surface area (Å²) in [6.45, 7) is 3.90. The van der Waals surface area contributed by atoms with Crippen LogP contribution in [0.5, 0.6) is 0 Å². The smallest absolute Gasteiger partial charge is 0.393 e. The highest BCUT2D eigenvalue weighted by molar-refractivity contribution is 6.30. The van der Waals surface area contributed by atoms with E-state index in [0.29, 0.717) is 42.2 Å². The first-order valence-corrected chi connectivity index (χ1v) is 11.1. The van der Waals surface area contributed by atoms with Gasteiger partial charge in [-0.3, -0.25) is 4.79 Å². The Morgan fingerprint density at radius 2 is 1.97 bits per heavy atom. The van der Waals surface area contributed by atoms with Crippen LogP contribution in [-0.4, -0.2) is 44.9 Å². The molecule has 2 aromatic heterocycles. The van der Waals surface area contributed by atoms with Crippen LogP contribution in [0.4, 0.5) is 19.0 Å². The predicted molar refractivity (Wildman–Crippen MR) is 120 cm³/mol. The number of benzene rings is 1. The van der Waals surface area contributed by atoms with Crippen LogP contribution in [0.3, 0.4) is 0 Å². The molecule has 0 radical (unpaired) electrons. The number of hydrogen-bond acceptors (Lipinski definition) is 4. The average molecular weight is 481 g/mol. The molecule has 1 aliphatic heterocycles. The van der Waals surface area contributed by atoms with Gasteiger partial charge in [-0.2, -0.15) is 22.8 Å². The van der Waals surface area contributed by atoms with Crippen molar-refractivity contribution in [3.63, 3.8) is 0 Å². The molecule has 3 aromatic rings. The van der Waals surface area contributed by atoms with E-state index >= 15 is 0 Å². The summed E-state index contributed by atoms with van der Waals surface area (Å²) < 4.78 is 42.0. The molecule has 176 valence electrons. The minimum atomic E-state index is -4.45. The molecule has 6 nitrogen and oxygen atoms in total. The van der Waals surface area contributed by atoms with Gasteiger partial charge in [-0.1, -0.05) is 30.7 Å². The first-order valence-electron chi connectivity index (χ1n) is 10.7. The highest BCUT2D eigenvalue weighted by Gasteiger charge is 2.43. The fourth-order valence-electron chi connectivity index (χ4n) is 4.56. The van der Waals surface area contributed by atoms with Crippen LogP contribution in [0.2, 0.25) is 5.02 Å². The number of aryl methyl sites for hydroxylation is 1. The summed E-state index contributed by atoms with van der Waals surface area (Å²) in [6, 6.07) is 8.69. The molecular formula is C23H24ClF3N4O2. The normalized spacial score (nSPS) is 19.3. The Bertz CT molecular complexity index is 1190. The molecule has 4 rings (SSSR count). The topological polar surface area (TPSA) is 70.7 Å². The SMILES string of the molecule is CCC1(C(=O)O)CCCN(c2c(CC(F)(F)F)c(C)nc3cc(-c4ccc(Cl)cc4)nn23)C1. The van der Waals surface area contributed by atoms with Gasteiger partial charge in [0.05, 0.1) is 17.5 Å². The van der Waals surface area contributed by atoms with Gasteiger partial charge >= 0.3 is 12.1 Å². The third kappa shape index (κ3) is 4.51. The van der Waals surface area contributed by atoms with Gasteiger partial charge in [-0.15, -0.1) is 0 Å². The summed E-state index contributed by atoms with van der Waals surface area (Å²) in [7, 11) is 0. The number of anilines is 1. The molecule has 10 heteroatoms. The molecule has 1 N–H and O–H groups in total. The van der Waals surface area contributed by atoms with Crippen molar-refractivity contribution < 1.29 is 23.1 Å². The molecule has 1 unspecified atom stereocenters. The maximum absolute atomic E-state index is 13.5. The van der Waals surface area contributed by atoms with E-state index in [1.165, 1.54) is 4.52 Å². The second-order valence-electron chi connectivity index (χ2n) is 8.56. The molecule has 1 atom stereocenters. The van der Waals surface area contributed by atoms with E-state index in [-0.39, 0.29) is 23.6 Å². The molecule has 33 heavy (non-hydrogen) atoms. The predicted octanol–water partition coefficient (Wildman–Crippen LogP) is 5.54. The standard InChI is InChI=1S/C23H24ClF3N4O2/c1-3-22(21(32)33)9-4-10-30(13-22)20-17(12-23(25,26)27)14(2)28-19-11-18(29-31(19)20)15-5-7-16(24)8-6-15/h5-8,11H,3-4,9-10,12-13H2,1-2H3,(H,32,33). The first-order chi connectivity index (χ1) is 15.5. The number of hydrogen-bond donors (Lipinski definition) is 1. The Labute approximate surface area is 194 Å². The largest absolute Gasteiger partial charge is 0.481 e. The summed E-state index contributed by atoms with van der Waals surface area (Å²) in [5.41, 5.74) is 0.933. The average Bonchev–Trinajstić information content (AvgIpc) is 3.16. The van der Waals surface area contributed by atoms with E-state index < -0.39 is 24.0 Å². The highest BCUT2D eigenvalue weighted by atomic mass is 35.5. The van der Waals surface area contributed by atoms with Crippen LogP contribution in [0.15, 0.2) is 30.3 Å². The molecule has 1 saturated heterocycles. The van der Waals surface area contributed by atoms with Gasteiger partial charge in [0.15, 0.2) is 5.65 Å². The molecule has 1 aromatic carbocycles. The van der Waals surface area contributed by atoms with Crippen LogP contribution in [-0.2, 0) is 11.2 Å². The number of alkyl halides is 3. The van der Waals surface area contributed by atoms with E-state index in [4.69, 9.17) is 11.6 Å². The molecule has 0 saturated carbocycles. The van der Waals surface area contributed by atoms with Crippen molar-refractivity contribution in [3.8, 4) is 11.3 Å². The summed E-state index contributed by atoms with van der Waals surface area (Å²) in [4.78, 5) is 18.2. The summed E-state index contributed by atoms with van der Waals surface area (Å²) >= 11 is 5.97. The number of carboxylic acid groups (broad SMARTS) is 1. The van der Waals surface area contributed by atoms with Crippen molar-refractivity contribution in [1.82, 2.24) is 14.6 Å². The molecular weight excluding hydrogens is 457 g/mol. The zero-order chi connectivity index (χ0) is 24.0. The minimum Gasteiger partial charge on any atom is -0.481 e. The Hall–Kier alpha value is -2.81. The fraction of sp³-hybridized carbons (Fsp3) is 0.435. The number of carboxylic acids is 1. The van der Waals surface area contributed by atoms with E-state index in [9.17, 15) is 23.1 Å². The number of aliphatic carboxylic acids is 1. The number of halogens is 4. The van der Waals surface area contributed by atoms with Gasteiger partial charge in [-0.25, -0.2) is 4.98 Å². The molecule has 0 spiro atoms. The second kappa shape index (κ2) is 8.52. The number of aromatic nitrogens is 3. The molecule has 0 bridgehead atoms. The molecule has 1 fully saturated rings. The van der Waals surface area contributed by atoms with Crippen molar-refractivity contribution in [2.45, 2.75) is 45.7 Å². The van der Waals surface area contributed by atoms with E-state index in [1.807, 2.05) is 0 Å². The number of rotatable bonds is 5. The number of nitrogens with zero attached hydrogens (tertiary/aromatic N) is 4. The van der Waals surface area contributed by atoms with E-state index in [0.717, 1.165) is 5.56 Å². The zero-order valence-corrected chi connectivity index (χ0v) is 19.0. The van der Waals surface area contributed by atoms with E-state index in [2.05, 4.69) is 10.1 Å². The van der Waals surface area contributed by atoms with Gasteiger partial charge in [-0.05, 0) is 38.3 Å². The minimum absolute atomic E-state index is 0.0121. The summed E-state index contributed by atoms with van der Waals surface area (Å²) in [6.07, 6.45) is -4.21. The van der Waals surface area contributed by atoms with Gasteiger partial charge in [0.1, 0.15) is 5.82 Å². The maximum atomic E-state index is 13.5. The summed E-state index contributed by atoms with van der Waals surface area (Å²) in [5.74, 6) is -0.676. The van der Waals surface area contributed by atoms with Crippen molar-refractivity contribution in [3.05, 3.63) is 46.6 Å². The molecule has 3 heterocycles. The molecule has 1 aliphatic rings. The van der Waals surface area contributed by atoms with Crippen molar-refractivity contribution in [2.75, 3.05) is 18.0 Å². The van der Waals surface area contributed by atoms with Gasteiger partial charge in [0.25, 0.3) is 0 Å². The molecule has 0 amide bonds. The van der Waals surface area contributed by atoms with Crippen molar-refractivity contribution >= 4 is 29.0 Å². The van der Waals surface area contributed by atoms with Crippen LogP contribution in [0, 0.1) is 12.3 Å². The third-order valence-corrected chi connectivity index (χ3v) is 6.66. The summed E-state index contributed by atoms with van der Waals surface area (Å²) in [5, 5.41) is 15.1. The monoisotopic (exact) mass is 480 g/mol. The lowest BCUT2D eigenvalue weighted by Gasteiger charge is -2.41. The Kier molecular flexibility index (Phi) is 6.03.